The molecule has 0 radical (unpaired) electrons. The zero-order chi connectivity index (χ0) is 83.4. The van der Waals surface area contributed by atoms with Crippen molar-refractivity contribution >= 4 is 112 Å². The second-order valence-corrected chi connectivity index (χ2v) is 28.7. The van der Waals surface area contributed by atoms with Crippen LogP contribution in [0.3, 0.4) is 0 Å². The summed E-state index contributed by atoms with van der Waals surface area (Å²) in [7, 11) is 0. The number of amides is 15. The third kappa shape index (κ3) is 34.3. The van der Waals surface area contributed by atoms with Crippen LogP contribution in [0.25, 0.3) is 0 Å². The molecule has 0 spiro atoms. The minimum Gasteiger partial charge on any atom is -0.508 e. The van der Waals surface area contributed by atoms with Gasteiger partial charge >= 0.3 is 11.9 Å². The molecule has 2 aromatic rings. The Morgan fingerprint density at radius 2 is 0.745 bits per heavy atom. The first-order chi connectivity index (χ1) is 51.5. The van der Waals surface area contributed by atoms with Gasteiger partial charge in [-0.1, -0.05) is 86.1 Å². The Morgan fingerprint density at radius 1 is 0.391 bits per heavy atom. The molecule has 2 rings (SSSR count). The maximum atomic E-state index is 14.6. The molecule has 0 bridgehead atoms. The number of benzene rings is 2. The van der Waals surface area contributed by atoms with Crippen LogP contribution in [0.4, 0.5) is 0 Å². The van der Waals surface area contributed by atoms with Crippen LogP contribution in [0.15, 0.2) is 48.5 Å². The largest absolute Gasteiger partial charge is 0.508 e. The molecule has 2 aromatic carbocycles. The molecule has 110 heavy (non-hydrogen) atoms. The molecule has 0 aliphatic heterocycles. The van der Waals surface area contributed by atoms with Crippen molar-refractivity contribution < 1.29 is 102 Å². The maximum Gasteiger partial charge on any atom is 0.326 e. The Morgan fingerprint density at radius 3 is 1.20 bits per heavy atom. The van der Waals surface area contributed by atoms with Crippen LogP contribution < -0.4 is 92.5 Å². The fraction of sp³-hybridized carbons (Fsp3) is 0.592. The molecule has 38 nitrogen and oxygen atoms in total. The molecule has 612 valence electrons. The Hall–Kier alpha value is -10.7. The smallest absolute Gasteiger partial charge is 0.326 e. The molecule has 0 saturated carbocycles. The molecular formula is C71H111N17O21S. The van der Waals surface area contributed by atoms with E-state index < -0.39 is 228 Å². The predicted molar refractivity (Wildman–Crippen MR) is 401 cm³/mol. The van der Waals surface area contributed by atoms with Gasteiger partial charge in [-0.15, -0.1) is 0 Å². The zero-order valence-electron chi connectivity index (χ0n) is 63.6. The molecular weight excluding hydrogens is 1460 g/mol. The fourth-order valence-electron chi connectivity index (χ4n) is 10.8. The zero-order valence-corrected chi connectivity index (χ0v) is 64.4. The van der Waals surface area contributed by atoms with Crippen molar-refractivity contribution in [1.29, 1.82) is 0 Å². The number of aliphatic carboxylic acids is 2. The van der Waals surface area contributed by atoms with Crippen LogP contribution in [0.2, 0.25) is 0 Å². The topological polar surface area (TPSA) is 646 Å². The quantitative estimate of drug-likeness (QED) is 0.0280. The number of phenolic OH excluding ortho intramolecular Hbond substituents is 2. The number of primary amides is 3. The van der Waals surface area contributed by atoms with Crippen LogP contribution >= 0.6 is 11.8 Å². The van der Waals surface area contributed by atoms with Gasteiger partial charge in [0, 0.05) is 25.7 Å². The maximum absolute atomic E-state index is 14.6. The Bertz CT molecular complexity index is 3510. The number of hydrogen-bond donors (Lipinski definition) is 21. The minimum atomic E-state index is -1.85. The number of hydrogen-bond acceptors (Lipinski definition) is 22. The van der Waals surface area contributed by atoms with Crippen LogP contribution in [-0.2, 0) is 94.3 Å². The van der Waals surface area contributed by atoms with Gasteiger partial charge in [-0.3, -0.25) is 76.7 Å². The highest BCUT2D eigenvalue weighted by Crippen LogP contribution is 2.18. The number of thioether (sulfide) groups is 1. The van der Waals surface area contributed by atoms with Gasteiger partial charge in [0.25, 0.3) is 0 Å². The molecule has 0 unspecified atom stereocenters. The minimum absolute atomic E-state index is 0.0591. The normalized spacial score (nSPS) is 15.0. The standard InChI is InChI=1S/C71H111N17O21S/c1-11-37(8)58(70(107)84-50(33-54(94)95)67(104)87-57(36(6)7)71(108)109)88-63(100)46(27-29-110-10)79-61(98)44(14-12-13-28-72)78-62(99)45(24-26-52(75)92)80-68(105)55(34(2)3)86-69(106)56(35(4)5)85-66(103)48(31-40-17-21-42(90)22-18-40)83-65(102)49(32-53(76)93)81-59(96)38(9)77-64(101)47(30-39-15-19-41(89)20-16-39)82-60(97)43(73)23-25-51(74)91/h15-22,34-38,43-50,55-58,89-90H,11-14,23-33,72-73H2,1-10H3,(H2,74,91)(H2,75,92)(H2,76,93)(H,77,101)(H,78,99)(H,79,98)(H,80,105)(H,81,96)(H,82,97)(H,83,102)(H,84,107)(H,85,103)(H,86,106)(H,87,104)(H,88,100)(H,94,95)(H,108,109)/t37-,38-,43-,44-,45-,46-,47-,48-,49-,50-,55-,56-,57-,58-/m0/s1. The van der Waals surface area contributed by atoms with E-state index in [-0.39, 0.29) is 75.2 Å². The van der Waals surface area contributed by atoms with Crippen LogP contribution in [0, 0.1) is 23.7 Å². The molecule has 15 amide bonds. The summed E-state index contributed by atoms with van der Waals surface area (Å²) in [5.74, 6) is -20.8. The number of phenols is 2. The fourth-order valence-corrected chi connectivity index (χ4v) is 11.3. The lowest BCUT2D eigenvalue weighted by Crippen LogP contribution is -2.62. The molecule has 0 fully saturated rings. The number of carboxylic acid groups (broad SMARTS) is 2. The second-order valence-electron chi connectivity index (χ2n) is 27.8. The molecule has 0 aliphatic carbocycles. The van der Waals surface area contributed by atoms with Crippen molar-refractivity contribution in [2.24, 2.45) is 52.3 Å². The average Bonchev–Trinajstić information content (AvgIpc) is 0.845. The average molecular weight is 1570 g/mol. The van der Waals surface area contributed by atoms with E-state index in [1.807, 2.05) is 0 Å². The van der Waals surface area contributed by atoms with Gasteiger partial charge in [-0.2, -0.15) is 11.8 Å². The summed E-state index contributed by atoms with van der Waals surface area (Å²) in [5.41, 5.74) is 28.8. The summed E-state index contributed by atoms with van der Waals surface area (Å²) >= 11 is 1.29. The number of unbranched alkanes of at least 4 members (excludes halogenated alkanes) is 1. The van der Waals surface area contributed by atoms with Gasteiger partial charge in [0.15, 0.2) is 0 Å². The van der Waals surface area contributed by atoms with E-state index in [1.54, 1.807) is 20.1 Å². The summed E-state index contributed by atoms with van der Waals surface area (Å²) in [6.07, 6.45) is -1.49. The molecule has 0 heterocycles. The van der Waals surface area contributed by atoms with Gasteiger partial charge in [0.1, 0.15) is 84.0 Å². The van der Waals surface area contributed by atoms with Crippen molar-refractivity contribution in [3.63, 3.8) is 0 Å². The van der Waals surface area contributed by atoms with Crippen molar-refractivity contribution in [2.45, 2.75) is 224 Å². The lowest BCUT2D eigenvalue weighted by atomic mass is 9.97. The predicted octanol–water partition coefficient (Wildman–Crippen LogP) is -4.09. The van der Waals surface area contributed by atoms with E-state index in [0.717, 1.165) is 0 Å². The number of nitrogens with one attached hydrogen (secondary N) is 12. The number of rotatable bonds is 51. The monoisotopic (exact) mass is 1570 g/mol. The third-order valence-electron chi connectivity index (χ3n) is 17.5. The highest BCUT2D eigenvalue weighted by molar-refractivity contribution is 7.98. The van der Waals surface area contributed by atoms with Gasteiger partial charge in [0.2, 0.25) is 88.6 Å². The Balaban J connectivity index is 2.52. The molecule has 39 heteroatoms. The number of nitrogens with two attached hydrogens (primary N) is 5. The molecule has 0 saturated heterocycles. The van der Waals surface area contributed by atoms with Crippen molar-refractivity contribution in [3.8, 4) is 11.5 Å². The summed E-state index contributed by atoms with van der Waals surface area (Å²) in [5, 5.41) is 69.1. The van der Waals surface area contributed by atoms with Crippen molar-refractivity contribution in [3.05, 3.63) is 59.7 Å². The SMILES string of the molecule is CC[C@H](C)[C@H](NC(=O)[C@H](CCSC)NC(=O)[C@H](CCCCN)NC(=O)[C@H](CCC(N)=O)NC(=O)[C@@H](NC(=O)[C@@H](NC(=O)[C@H](Cc1ccc(O)cc1)NC(=O)[C@H](CC(N)=O)NC(=O)[C@H](C)NC(=O)[C@H](Cc1ccc(O)cc1)NC(=O)[C@@H](N)CCC(N)=O)C(C)C)C(C)C)C(=O)N[C@@H](CC(=O)O)C(=O)N[C@H](C(=O)O)C(C)C. The second kappa shape index (κ2) is 48.0. The summed E-state index contributed by atoms with van der Waals surface area (Å²) in [6, 6.07) is -9.17. The van der Waals surface area contributed by atoms with E-state index in [4.69, 9.17) is 28.7 Å². The van der Waals surface area contributed by atoms with Crippen molar-refractivity contribution in [1.82, 2.24) is 63.8 Å². The number of aromatic hydroxyl groups is 2. The van der Waals surface area contributed by atoms with E-state index in [9.17, 15) is 102 Å². The Kier molecular flexibility index (Phi) is 41.6. The van der Waals surface area contributed by atoms with Crippen molar-refractivity contribution in [2.75, 3.05) is 18.6 Å². The van der Waals surface area contributed by atoms with E-state index in [0.29, 0.717) is 17.5 Å². The summed E-state index contributed by atoms with van der Waals surface area (Å²) < 4.78 is 0. The first-order valence-corrected chi connectivity index (χ1v) is 37.4. The highest BCUT2D eigenvalue weighted by Gasteiger charge is 2.40. The number of carbonyl (C=O) groups is 17. The summed E-state index contributed by atoms with van der Waals surface area (Å²) in [6.45, 7) is 13.7. The van der Waals surface area contributed by atoms with Crippen LogP contribution in [-0.4, -0.2) is 218 Å². The van der Waals surface area contributed by atoms with Crippen LogP contribution in [0.5, 0.6) is 11.5 Å². The van der Waals surface area contributed by atoms with Gasteiger partial charge in [-0.05, 0) is 123 Å². The lowest BCUT2D eigenvalue weighted by Gasteiger charge is -2.30. The van der Waals surface area contributed by atoms with E-state index >= 15 is 0 Å². The first-order valence-electron chi connectivity index (χ1n) is 36.0. The van der Waals surface area contributed by atoms with E-state index in [1.165, 1.54) is 109 Å². The van der Waals surface area contributed by atoms with E-state index in [2.05, 4.69) is 63.8 Å². The molecule has 26 N–H and O–H groups in total. The lowest BCUT2D eigenvalue weighted by molar-refractivity contribution is -0.144. The molecule has 14 atom stereocenters. The number of carbonyl (C=O) groups excluding carboxylic acids is 15. The first kappa shape index (κ1) is 95.4. The molecule has 0 aromatic heterocycles. The van der Waals surface area contributed by atoms with Gasteiger partial charge in [0.05, 0.1) is 18.9 Å². The Labute approximate surface area is 641 Å². The van der Waals surface area contributed by atoms with Gasteiger partial charge < -0.3 is 113 Å². The highest BCUT2D eigenvalue weighted by atomic mass is 32.2. The third-order valence-corrected chi connectivity index (χ3v) is 18.2. The molecule has 0 aliphatic rings. The van der Waals surface area contributed by atoms with Crippen LogP contribution in [0.1, 0.15) is 144 Å². The van der Waals surface area contributed by atoms with Gasteiger partial charge in [-0.25, -0.2) is 4.79 Å². The summed E-state index contributed by atoms with van der Waals surface area (Å²) in [4.78, 5) is 230. The number of carboxylic acids is 2.